The number of allylic oxidation sites excluding steroid dienone is 8. The van der Waals surface area contributed by atoms with Crippen LogP contribution in [0.4, 0.5) is 0 Å². The highest BCUT2D eigenvalue weighted by Crippen LogP contribution is 2.60. The van der Waals surface area contributed by atoms with Gasteiger partial charge < -0.3 is 0 Å². The zero-order valence-corrected chi connectivity index (χ0v) is 17.4. The number of hydrogen-bond acceptors (Lipinski definition) is 0. The molecule has 27 heavy (non-hydrogen) atoms. The molecule has 0 fully saturated rings. The van der Waals surface area contributed by atoms with Crippen LogP contribution in [-0.2, 0) is 0 Å². The van der Waals surface area contributed by atoms with Crippen molar-refractivity contribution < 1.29 is 0 Å². The van der Waals surface area contributed by atoms with Crippen LogP contribution in [0, 0.1) is 0 Å². The Labute approximate surface area is 165 Å². The molecule has 0 aromatic heterocycles. The van der Waals surface area contributed by atoms with Gasteiger partial charge in [-0.1, -0.05) is 111 Å². The van der Waals surface area contributed by atoms with Crippen LogP contribution in [0.15, 0.2) is 109 Å². The van der Waals surface area contributed by atoms with Crippen molar-refractivity contribution in [2.75, 3.05) is 5.90 Å². The minimum absolute atomic E-state index is 0.219. The van der Waals surface area contributed by atoms with Gasteiger partial charge in [0.05, 0.1) is 0 Å². The first-order valence-electron chi connectivity index (χ1n) is 9.76. The molecule has 0 amide bonds. The van der Waals surface area contributed by atoms with E-state index in [1.165, 1.54) is 35.8 Å². The highest BCUT2D eigenvalue weighted by molar-refractivity contribution is 7.84. The predicted octanol–water partition coefficient (Wildman–Crippen LogP) is 6.68. The number of hydrogen-bond donors (Lipinski definition) is 0. The van der Waals surface area contributed by atoms with Crippen LogP contribution in [-0.4, -0.2) is 11.6 Å². The van der Waals surface area contributed by atoms with Crippen LogP contribution in [0.1, 0.15) is 19.3 Å². The predicted molar refractivity (Wildman–Crippen MR) is 124 cm³/mol. The fraction of sp³-hybridized carbons (Fsp3) is 0.200. The van der Waals surface area contributed by atoms with Crippen LogP contribution in [0.25, 0.3) is 0 Å². The first-order valence-corrected chi connectivity index (χ1v) is 12.9. The Morgan fingerprint density at radius 1 is 0.778 bits per heavy atom. The minimum atomic E-state index is -0.344. The Bertz CT molecular complexity index is 807. The molecule has 0 N–H and O–H groups in total. The molecular weight excluding hydrogens is 362 g/mol. The summed E-state index contributed by atoms with van der Waals surface area (Å²) in [7, 11) is -0.562. The van der Waals surface area contributed by atoms with Gasteiger partial charge in [-0.15, -0.1) is 0 Å². The maximum Gasteiger partial charge on any atom is 0.00515 e. The van der Waals surface area contributed by atoms with E-state index >= 15 is 0 Å². The Morgan fingerprint density at radius 3 is 2.04 bits per heavy atom. The Morgan fingerprint density at radius 2 is 1.48 bits per heavy atom. The molecule has 2 heteroatoms. The van der Waals surface area contributed by atoms with E-state index in [0.717, 1.165) is 0 Å². The molecule has 4 rings (SSSR count). The Kier molecular flexibility index (Phi) is 6.52. The number of rotatable bonds is 6. The van der Waals surface area contributed by atoms with Gasteiger partial charge in [0.15, 0.2) is 0 Å². The highest BCUT2D eigenvalue weighted by atomic mass is 31.2. The quantitative estimate of drug-likeness (QED) is 0.484. The van der Waals surface area contributed by atoms with Gasteiger partial charge in [-0.2, -0.15) is 0 Å². The summed E-state index contributed by atoms with van der Waals surface area (Å²) in [4.78, 5) is 0. The molecule has 2 atom stereocenters. The smallest absolute Gasteiger partial charge is 0.00515 e. The van der Waals surface area contributed by atoms with Crippen LogP contribution >= 0.6 is 15.8 Å². The lowest BCUT2D eigenvalue weighted by Crippen LogP contribution is -2.16. The second-order valence-electron chi connectivity index (χ2n) is 6.94. The molecule has 0 radical (unpaired) electrons. The summed E-state index contributed by atoms with van der Waals surface area (Å²) in [5.41, 5.74) is 0.663. The van der Waals surface area contributed by atoms with Gasteiger partial charge >= 0.3 is 0 Å². The SMILES string of the molecule is C1=CCC(P(CP(c2ccccc2)c2ccccc2)C2=CCCC=C2)C=C1. The summed E-state index contributed by atoms with van der Waals surface area (Å²) in [6.45, 7) is 0. The third kappa shape index (κ3) is 4.76. The van der Waals surface area contributed by atoms with Gasteiger partial charge in [0.2, 0.25) is 0 Å². The molecule has 0 saturated carbocycles. The lowest BCUT2D eigenvalue weighted by Gasteiger charge is -2.32. The molecule has 2 aliphatic rings. The molecule has 0 saturated heterocycles. The summed E-state index contributed by atoms with van der Waals surface area (Å²) in [5.74, 6) is 1.28. The molecule has 0 heterocycles. The van der Waals surface area contributed by atoms with Gasteiger partial charge in [0.1, 0.15) is 0 Å². The zero-order valence-electron chi connectivity index (χ0n) is 15.6. The van der Waals surface area contributed by atoms with Gasteiger partial charge in [-0.3, -0.25) is 0 Å². The van der Waals surface area contributed by atoms with Crippen molar-refractivity contribution >= 4 is 26.5 Å². The van der Waals surface area contributed by atoms with Crippen molar-refractivity contribution in [3.8, 4) is 0 Å². The van der Waals surface area contributed by atoms with E-state index in [1.807, 2.05) is 0 Å². The largest absolute Gasteiger partial charge is 0.0836 e. The Balaban J connectivity index is 1.69. The summed E-state index contributed by atoms with van der Waals surface area (Å²) < 4.78 is 0. The standard InChI is InChI=1S/C25H26P2/c1-5-13-22(14-6-1)26(23-15-7-2-8-16-23)21-27(24-17-9-3-10-18-24)25-19-11-4-12-20-25/h1-3,5-11,13-17,19-20,24H,4,12,18,21H2. The molecule has 0 spiro atoms. The van der Waals surface area contributed by atoms with Gasteiger partial charge in [0.25, 0.3) is 0 Å². The maximum absolute atomic E-state index is 2.52. The van der Waals surface area contributed by atoms with E-state index in [1.54, 1.807) is 5.31 Å². The van der Waals surface area contributed by atoms with E-state index < -0.39 is 0 Å². The van der Waals surface area contributed by atoms with Crippen molar-refractivity contribution in [1.29, 1.82) is 0 Å². The van der Waals surface area contributed by atoms with Gasteiger partial charge in [-0.05, 0) is 43.1 Å². The topological polar surface area (TPSA) is 0 Å². The van der Waals surface area contributed by atoms with Gasteiger partial charge in [-0.25, -0.2) is 0 Å². The van der Waals surface area contributed by atoms with Crippen LogP contribution in [0.3, 0.4) is 0 Å². The first kappa shape index (κ1) is 18.6. The normalized spacial score (nSPS) is 19.9. The molecule has 2 aromatic carbocycles. The lowest BCUT2D eigenvalue weighted by atomic mass is 10.2. The van der Waals surface area contributed by atoms with Crippen LogP contribution < -0.4 is 10.6 Å². The van der Waals surface area contributed by atoms with E-state index in [9.17, 15) is 0 Å². The summed E-state index contributed by atoms with van der Waals surface area (Å²) in [5, 5.41) is 4.62. The average molecular weight is 388 g/mol. The molecule has 136 valence electrons. The fourth-order valence-corrected chi connectivity index (χ4v) is 10.8. The molecule has 2 unspecified atom stereocenters. The van der Waals surface area contributed by atoms with E-state index in [2.05, 4.69) is 103 Å². The van der Waals surface area contributed by atoms with Crippen molar-refractivity contribution in [1.82, 2.24) is 0 Å². The van der Waals surface area contributed by atoms with Crippen molar-refractivity contribution in [3.63, 3.8) is 0 Å². The third-order valence-electron chi connectivity index (χ3n) is 5.09. The van der Waals surface area contributed by atoms with Crippen LogP contribution in [0.2, 0.25) is 0 Å². The third-order valence-corrected chi connectivity index (χ3v) is 11.5. The first-order chi connectivity index (χ1) is 13.4. The fourth-order valence-electron chi connectivity index (χ4n) is 3.67. The van der Waals surface area contributed by atoms with Crippen molar-refractivity contribution in [2.24, 2.45) is 0 Å². The summed E-state index contributed by atoms with van der Waals surface area (Å²) in [6.07, 6.45) is 20.1. The second kappa shape index (κ2) is 9.45. The minimum Gasteiger partial charge on any atom is -0.0836 e. The van der Waals surface area contributed by atoms with Gasteiger partial charge in [0, 0.05) is 11.6 Å². The average Bonchev–Trinajstić information content (AvgIpc) is 2.77. The van der Waals surface area contributed by atoms with Crippen LogP contribution in [0.5, 0.6) is 0 Å². The molecule has 2 aromatic rings. The molecule has 2 aliphatic carbocycles. The molecule has 0 aliphatic heterocycles. The zero-order chi connectivity index (χ0) is 18.3. The second-order valence-corrected chi connectivity index (χ2v) is 12.1. The van der Waals surface area contributed by atoms with E-state index in [4.69, 9.17) is 0 Å². The summed E-state index contributed by atoms with van der Waals surface area (Å²) in [6, 6.07) is 22.3. The Hall–Kier alpha value is -1.74. The van der Waals surface area contributed by atoms with Crippen molar-refractivity contribution in [3.05, 3.63) is 109 Å². The number of benzene rings is 2. The molecule has 0 bridgehead atoms. The molecule has 0 nitrogen and oxygen atoms in total. The summed E-state index contributed by atoms with van der Waals surface area (Å²) >= 11 is 0. The molecular formula is C25H26P2. The van der Waals surface area contributed by atoms with E-state index in [0.29, 0.717) is 5.66 Å². The van der Waals surface area contributed by atoms with Crippen molar-refractivity contribution in [2.45, 2.75) is 24.9 Å². The lowest BCUT2D eigenvalue weighted by molar-refractivity contribution is 1.02. The maximum atomic E-state index is 2.52. The monoisotopic (exact) mass is 388 g/mol. The highest BCUT2D eigenvalue weighted by Gasteiger charge is 2.27. The van der Waals surface area contributed by atoms with E-state index in [-0.39, 0.29) is 15.8 Å².